The number of aryl methyl sites for hydroxylation is 1. The first-order chi connectivity index (χ1) is 9.72. The van der Waals surface area contributed by atoms with E-state index in [1.807, 2.05) is 36.6 Å². The van der Waals surface area contributed by atoms with Crippen molar-refractivity contribution in [2.24, 2.45) is 0 Å². The molecule has 0 spiro atoms. The molecule has 0 aliphatic rings. The Morgan fingerprint density at radius 1 is 1.40 bits per heavy atom. The minimum Gasteiger partial charge on any atom is -0.287 e. The van der Waals surface area contributed by atoms with Crippen LogP contribution >= 0.6 is 22.9 Å². The zero-order valence-corrected chi connectivity index (χ0v) is 12.5. The molecule has 0 bridgehead atoms. The van der Waals surface area contributed by atoms with Crippen molar-refractivity contribution in [3.8, 4) is 0 Å². The average molecular weight is 305 g/mol. The van der Waals surface area contributed by atoms with Crippen molar-refractivity contribution in [2.45, 2.75) is 19.9 Å². The average Bonchev–Trinajstić information content (AvgIpc) is 3.03. The number of nitrogens with zero attached hydrogens (tertiary/aromatic N) is 2. The van der Waals surface area contributed by atoms with Gasteiger partial charge in [-0.25, -0.2) is 0 Å². The molecule has 2 aromatic heterocycles. The van der Waals surface area contributed by atoms with Gasteiger partial charge in [-0.1, -0.05) is 36.7 Å². The molecule has 2 heterocycles. The van der Waals surface area contributed by atoms with Crippen LogP contribution in [0.3, 0.4) is 0 Å². The highest BCUT2D eigenvalue weighted by Gasteiger charge is 2.21. The van der Waals surface area contributed by atoms with Crippen LogP contribution in [-0.4, -0.2) is 15.6 Å². The van der Waals surface area contributed by atoms with Gasteiger partial charge >= 0.3 is 0 Å². The standard InChI is InChI=1S/C15H13ClN2OS/c1-2-7-18-14(12(16)8-17-18)15(19)11-9-20-13-6-4-3-5-10(11)13/h3-6,8-9H,2,7H2,1H3. The molecule has 0 saturated heterocycles. The number of carbonyl (C=O) groups is 1. The molecule has 0 amide bonds. The zero-order chi connectivity index (χ0) is 14.1. The van der Waals surface area contributed by atoms with Crippen molar-refractivity contribution in [2.75, 3.05) is 0 Å². The first kappa shape index (κ1) is 13.3. The van der Waals surface area contributed by atoms with Crippen molar-refractivity contribution in [1.82, 2.24) is 9.78 Å². The summed E-state index contributed by atoms with van der Waals surface area (Å²) in [7, 11) is 0. The van der Waals surface area contributed by atoms with Crippen LogP contribution in [0, 0.1) is 0 Å². The van der Waals surface area contributed by atoms with Gasteiger partial charge in [0.2, 0.25) is 5.78 Å². The number of thiophene rings is 1. The summed E-state index contributed by atoms with van der Waals surface area (Å²) in [5.41, 5.74) is 1.18. The lowest BCUT2D eigenvalue weighted by Gasteiger charge is -2.05. The highest BCUT2D eigenvalue weighted by molar-refractivity contribution is 7.17. The summed E-state index contributed by atoms with van der Waals surface area (Å²) in [4.78, 5) is 12.8. The molecule has 0 aliphatic carbocycles. The number of halogens is 1. The first-order valence-electron chi connectivity index (χ1n) is 6.44. The van der Waals surface area contributed by atoms with Gasteiger partial charge in [-0.3, -0.25) is 9.48 Å². The van der Waals surface area contributed by atoms with Gasteiger partial charge in [-0.2, -0.15) is 5.10 Å². The van der Waals surface area contributed by atoms with Gasteiger partial charge in [0.05, 0.1) is 11.2 Å². The summed E-state index contributed by atoms with van der Waals surface area (Å²) >= 11 is 7.71. The lowest BCUT2D eigenvalue weighted by molar-refractivity contribution is 0.103. The molecule has 5 heteroatoms. The van der Waals surface area contributed by atoms with Gasteiger partial charge in [0.15, 0.2) is 0 Å². The minimum atomic E-state index is -0.0570. The third-order valence-corrected chi connectivity index (χ3v) is 4.41. The molecule has 0 fully saturated rings. The first-order valence-corrected chi connectivity index (χ1v) is 7.70. The van der Waals surface area contributed by atoms with Crippen LogP contribution in [0.4, 0.5) is 0 Å². The van der Waals surface area contributed by atoms with Gasteiger partial charge in [-0.15, -0.1) is 11.3 Å². The monoisotopic (exact) mass is 304 g/mol. The SMILES string of the molecule is CCCn1ncc(Cl)c1C(=O)c1csc2ccccc12. The van der Waals surface area contributed by atoms with E-state index in [-0.39, 0.29) is 5.78 Å². The Morgan fingerprint density at radius 3 is 3.00 bits per heavy atom. The third-order valence-electron chi connectivity index (χ3n) is 3.17. The second-order valence-corrected chi connectivity index (χ2v) is 5.86. The fraction of sp³-hybridized carbons (Fsp3) is 0.200. The number of fused-ring (bicyclic) bond motifs is 1. The highest BCUT2D eigenvalue weighted by Crippen LogP contribution is 2.29. The second-order valence-electron chi connectivity index (χ2n) is 4.54. The normalized spacial score (nSPS) is 11.1. The molecule has 0 saturated carbocycles. The van der Waals surface area contributed by atoms with E-state index in [0.29, 0.717) is 22.8 Å². The van der Waals surface area contributed by atoms with E-state index >= 15 is 0 Å². The molecule has 0 aliphatic heterocycles. The molecular weight excluding hydrogens is 292 g/mol. The van der Waals surface area contributed by atoms with Crippen molar-refractivity contribution in [1.29, 1.82) is 0 Å². The maximum Gasteiger partial charge on any atom is 0.214 e. The van der Waals surface area contributed by atoms with Crippen LogP contribution in [0.1, 0.15) is 29.4 Å². The van der Waals surface area contributed by atoms with Gasteiger partial charge in [-0.05, 0) is 12.5 Å². The molecule has 0 atom stereocenters. The summed E-state index contributed by atoms with van der Waals surface area (Å²) < 4.78 is 2.80. The summed E-state index contributed by atoms with van der Waals surface area (Å²) in [5.74, 6) is -0.0570. The van der Waals surface area contributed by atoms with Crippen LogP contribution in [0.25, 0.3) is 10.1 Å². The summed E-state index contributed by atoms with van der Waals surface area (Å²) in [6, 6.07) is 7.90. The molecule has 20 heavy (non-hydrogen) atoms. The van der Waals surface area contributed by atoms with Crippen molar-refractivity contribution < 1.29 is 4.79 Å². The van der Waals surface area contributed by atoms with Crippen molar-refractivity contribution >= 4 is 38.8 Å². The lowest BCUT2D eigenvalue weighted by Crippen LogP contribution is -2.11. The molecule has 102 valence electrons. The van der Waals surface area contributed by atoms with E-state index in [2.05, 4.69) is 5.10 Å². The Labute approximate surface area is 125 Å². The zero-order valence-electron chi connectivity index (χ0n) is 11.0. The number of rotatable bonds is 4. The number of benzene rings is 1. The number of ketones is 1. The minimum absolute atomic E-state index is 0.0570. The lowest BCUT2D eigenvalue weighted by atomic mass is 10.1. The fourth-order valence-electron chi connectivity index (χ4n) is 2.25. The molecule has 0 unspecified atom stereocenters. The second kappa shape index (κ2) is 5.38. The Balaban J connectivity index is 2.11. The molecule has 0 radical (unpaired) electrons. The number of aromatic nitrogens is 2. The molecular formula is C15H13ClN2OS. The van der Waals surface area contributed by atoms with Crippen LogP contribution in [0.2, 0.25) is 5.02 Å². The Bertz CT molecular complexity index is 775. The van der Waals surface area contributed by atoms with E-state index in [0.717, 1.165) is 16.5 Å². The molecule has 1 aromatic carbocycles. The quantitative estimate of drug-likeness (QED) is 0.670. The largest absolute Gasteiger partial charge is 0.287 e. The molecule has 3 aromatic rings. The third kappa shape index (κ3) is 2.15. The number of hydrogen-bond acceptors (Lipinski definition) is 3. The van der Waals surface area contributed by atoms with Gasteiger partial charge in [0.1, 0.15) is 5.69 Å². The van der Waals surface area contributed by atoms with Crippen LogP contribution in [0.5, 0.6) is 0 Å². The van der Waals surface area contributed by atoms with Crippen molar-refractivity contribution in [3.05, 3.63) is 52.1 Å². The topological polar surface area (TPSA) is 34.9 Å². The molecule has 3 nitrogen and oxygen atoms in total. The van der Waals surface area contributed by atoms with Crippen LogP contribution in [-0.2, 0) is 6.54 Å². The highest BCUT2D eigenvalue weighted by atomic mass is 35.5. The maximum atomic E-state index is 12.8. The van der Waals surface area contributed by atoms with Gasteiger partial charge in [0.25, 0.3) is 0 Å². The van der Waals surface area contributed by atoms with E-state index in [9.17, 15) is 4.79 Å². The summed E-state index contributed by atoms with van der Waals surface area (Å²) in [6.45, 7) is 2.74. The smallest absolute Gasteiger partial charge is 0.214 e. The predicted molar refractivity (Wildman–Crippen MR) is 82.8 cm³/mol. The van der Waals surface area contributed by atoms with Crippen LogP contribution < -0.4 is 0 Å². The number of carbonyl (C=O) groups excluding carboxylic acids is 1. The predicted octanol–water partition coefficient (Wildman–Crippen LogP) is 4.39. The van der Waals surface area contributed by atoms with Crippen molar-refractivity contribution in [3.63, 3.8) is 0 Å². The summed E-state index contributed by atoms with van der Waals surface area (Å²) in [6.07, 6.45) is 2.45. The van der Waals surface area contributed by atoms with E-state index in [1.54, 1.807) is 22.2 Å². The Morgan fingerprint density at radius 2 is 2.20 bits per heavy atom. The molecule has 3 rings (SSSR count). The van der Waals surface area contributed by atoms with Crippen LogP contribution in [0.15, 0.2) is 35.8 Å². The Kier molecular flexibility index (Phi) is 3.59. The molecule has 0 N–H and O–H groups in total. The van der Waals surface area contributed by atoms with Gasteiger partial charge in [0, 0.05) is 27.6 Å². The fourth-order valence-corrected chi connectivity index (χ4v) is 3.42. The van der Waals surface area contributed by atoms with Gasteiger partial charge < -0.3 is 0 Å². The van der Waals surface area contributed by atoms with E-state index in [1.165, 1.54) is 0 Å². The number of hydrogen-bond donors (Lipinski definition) is 0. The summed E-state index contributed by atoms with van der Waals surface area (Å²) in [5, 5.41) is 7.47. The Hall–Kier alpha value is -1.65. The maximum absolute atomic E-state index is 12.8. The van der Waals surface area contributed by atoms with E-state index in [4.69, 9.17) is 11.6 Å². The van der Waals surface area contributed by atoms with E-state index < -0.39 is 0 Å².